The van der Waals surface area contributed by atoms with Crippen LogP contribution in [-0.2, 0) is 0 Å². The van der Waals surface area contributed by atoms with Gasteiger partial charge in [0.05, 0.1) is 0 Å². The third kappa shape index (κ3) is 2.28. The molecule has 0 aromatic carbocycles. The first kappa shape index (κ1) is 6.56. The van der Waals surface area contributed by atoms with E-state index >= 15 is 0 Å². The smallest absolute Gasteiger partial charge is 0.147 e. The highest BCUT2D eigenvalue weighted by atomic mass is 16.3. The minimum absolute atomic E-state index is 0.594. The van der Waals surface area contributed by atoms with Gasteiger partial charge in [-0.15, -0.1) is 4.91 Å². The maximum atomic E-state index is 9.68. The fourth-order valence-electron chi connectivity index (χ4n) is 0.0645. The molecule has 0 fully saturated rings. The quantitative estimate of drug-likeness (QED) is 0.525. The molecule has 0 aliphatic rings. The summed E-state index contributed by atoms with van der Waals surface area (Å²) >= 11 is 0. The van der Waals surface area contributed by atoms with Crippen LogP contribution in [0.3, 0.4) is 0 Å². The standard InChI is InChI=1S/C4H10N2O/c1-3-4(2,5)6-7/h3,5H2,1-2H3. The van der Waals surface area contributed by atoms with Crippen LogP contribution >= 0.6 is 0 Å². The van der Waals surface area contributed by atoms with Crippen LogP contribution in [0.5, 0.6) is 0 Å². The van der Waals surface area contributed by atoms with Gasteiger partial charge in [0.1, 0.15) is 5.66 Å². The van der Waals surface area contributed by atoms with Crippen LogP contribution in [0.15, 0.2) is 5.18 Å². The summed E-state index contributed by atoms with van der Waals surface area (Å²) in [5.74, 6) is 0. The highest BCUT2D eigenvalue weighted by Gasteiger charge is 2.13. The predicted octanol–water partition coefficient (Wildman–Crippen LogP) is 0.838. The lowest BCUT2D eigenvalue weighted by Crippen LogP contribution is -2.31. The summed E-state index contributed by atoms with van der Waals surface area (Å²) in [5.41, 5.74) is 4.39. The molecule has 3 heteroatoms. The molecule has 1 atom stereocenters. The fraction of sp³-hybridized carbons (Fsp3) is 1.00. The Morgan fingerprint density at radius 1 is 1.86 bits per heavy atom. The van der Waals surface area contributed by atoms with Crippen LogP contribution in [0.1, 0.15) is 20.3 Å². The van der Waals surface area contributed by atoms with Gasteiger partial charge in [0.15, 0.2) is 0 Å². The second kappa shape index (κ2) is 2.02. The first-order valence-corrected chi connectivity index (χ1v) is 2.26. The van der Waals surface area contributed by atoms with Gasteiger partial charge in [-0.25, -0.2) is 0 Å². The number of nitrogens with two attached hydrogens (primary N) is 1. The normalized spacial score (nSPS) is 18.1. The molecular formula is C4H10N2O. The van der Waals surface area contributed by atoms with Crippen molar-refractivity contribution in [2.45, 2.75) is 25.9 Å². The lowest BCUT2D eigenvalue weighted by Gasteiger charge is -2.09. The molecule has 0 rings (SSSR count). The van der Waals surface area contributed by atoms with Gasteiger partial charge >= 0.3 is 0 Å². The zero-order chi connectivity index (χ0) is 5.91. The lowest BCUT2D eigenvalue weighted by atomic mass is 10.2. The molecule has 0 aromatic heterocycles. The number of rotatable bonds is 2. The van der Waals surface area contributed by atoms with Gasteiger partial charge in [-0.2, -0.15) is 0 Å². The second-order valence-corrected chi connectivity index (χ2v) is 1.80. The summed E-state index contributed by atoms with van der Waals surface area (Å²) in [6.07, 6.45) is 0.594. The summed E-state index contributed by atoms with van der Waals surface area (Å²) in [6.45, 7) is 3.42. The summed E-state index contributed by atoms with van der Waals surface area (Å²) in [6, 6.07) is 0. The molecule has 0 bridgehead atoms. The van der Waals surface area contributed by atoms with Crippen LogP contribution < -0.4 is 5.73 Å². The minimum Gasteiger partial charge on any atom is -0.304 e. The average Bonchev–Trinajstić information content (AvgIpc) is 1.68. The Morgan fingerprint density at radius 3 is 2.29 bits per heavy atom. The van der Waals surface area contributed by atoms with Crippen molar-refractivity contribution in [1.82, 2.24) is 0 Å². The third-order valence-electron chi connectivity index (χ3n) is 0.924. The largest absolute Gasteiger partial charge is 0.304 e. The van der Waals surface area contributed by atoms with E-state index in [4.69, 9.17) is 5.73 Å². The van der Waals surface area contributed by atoms with Crippen molar-refractivity contribution in [3.05, 3.63) is 4.91 Å². The molecule has 42 valence electrons. The Morgan fingerprint density at radius 2 is 2.29 bits per heavy atom. The molecule has 0 radical (unpaired) electrons. The van der Waals surface area contributed by atoms with Crippen molar-refractivity contribution in [3.8, 4) is 0 Å². The Hall–Kier alpha value is -0.440. The average molecular weight is 102 g/mol. The first-order valence-electron chi connectivity index (χ1n) is 2.26. The molecule has 2 N–H and O–H groups in total. The number of hydrogen-bond acceptors (Lipinski definition) is 3. The molecule has 0 saturated heterocycles. The predicted molar refractivity (Wildman–Crippen MR) is 28.7 cm³/mol. The van der Waals surface area contributed by atoms with Crippen LogP contribution in [0.2, 0.25) is 0 Å². The third-order valence-corrected chi connectivity index (χ3v) is 0.924. The maximum absolute atomic E-state index is 9.68. The van der Waals surface area contributed by atoms with Crippen molar-refractivity contribution < 1.29 is 0 Å². The van der Waals surface area contributed by atoms with Gasteiger partial charge in [0.25, 0.3) is 0 Å². The van der Waals surface area contributed by atoms with Crippen molar-refractivity contribution in [1.29, 1.82) is 0 Å². The maximum Gasteiger partial charge on any atom is 0.147 e. The van der Waals surface area contributed by atoms with Crippen LogP contribution in [0.25, 0.3) is 0 Å². The zero-order valence-corrected chi connectivity index (χ0v) is 4.64. The lowest BCUT2D eigenvalue weighted by molar-refractivity contribution is 0.472. The van der Waals surface area contributed by atoms with Gasteiger partial charge in [0, 0.05) is 0 Å². The zero-order valence-electron chi connectivity index (χ0n) is 4.64. The first-order chi connectivity index (χ1) is 3.12. The van der Waals surface area contributed by atoms with E-state index in [1.54, 1.807) is 6.92 Å². The molecule has 0 aliphatic carbocycles. The fourth-order valence-corrected chi connectivity index (χ4v) is 0.0645. The van der Waals surface area contributed by atoms with E-state index in [0.29, 0.717) is 6.42 Å². The van der Waals surface area contributed by atoms with Crippen molar-refractivity contribution in [3.63, 3.8) is 0 Å². The van der Waals surface area contributed by atoms with E-state index in [-0.39, 0.29) is 0 Å². The van der Waals surface area contributed by atoms with Crippen molar-refractivity contribution in [2.75, 3.05) is 0 Å². The molecule has 0 heterocycles. The Kier molecular flexibility index (Phi) is 1.90. The van der Waals surface area contributed by atoms with E-state index in [2.05, 4.69) is 5.18 Å². The van der Waals surface area contributed by atoms with E-state index in [0.717, 1.165) is 0 Å². The van der Waals surface area contributed by atoms with Crippen LogP contribution in [0.4, 0.5) is 0 Å². The highest BCUT2D eigenvalue weighted by Crippen LogP contribution is 2.03. The number of nitroso groups, excluding NO2 is 1. The van der Waals surface area contributed by atoms with Gasteiger partial charge in [-0.3, -0.25) is 0 Å². The second-order valence-electron chi connectivity index (χ2n) is 1.80. The minimum atomic E-state index is -0.847. The van der Waals surface area contributed by atoms with E-state index in [1.807, 2.05) is 6.92 Å². The molecule has 0 amide bonds. The van der Waals surface area contributed by atoms with Crippen molar-refractivity contribution >= 4 is 0 Å². The molecule has 0 aliphatic heterocycles. The summed E-state index contributed by atoms with van der Waals surface area (Å²) < 4.78 is 0. The Labute approximate surface area is 42.9 Å². The summed E-state index contributed by atoms with van der Waals surface area (Å²) in [7, 11) is 0. The Bertz CT molecular complexity index is 70.1. The summed E-state index contributed by atoms with van der Waals surface area (Å²) in [5, 5.41) is 2.67. The van der Waals surface area contributed by atoms with Crippen molar-refractivity contribution in [2.24, 2.45) is 10.9 Å². The van der Waals surface area contributed by atoms with E-state index in [1.165, 1.54) is 0 Å². The SMILES string of the molecule is CCC(C)(N)N=O. The molecule has 1 unspecified atom stereocenters. The topological polar surface area (TPSA) is 55.4 Å². The van der Waals surface area contributed by atoms with E-state index in [9.17, 15) is 4.91 Å². The molecule has 0 aromatic rings. The highest BCUT2D eigenvalue weighted by molar-refractivity contribution is 4.70. The number of hydrogen-bond donors (Lipinski definition) is 1. The van der Waals surface area contributed by atoms with Gasteiger partial charge in [-0.1, -0.05) is 6.92 Å². The summed E-state index contributed by atoms with van der Waals surface area (Å²) in [4.78, 5) is 9.68. The molecule has 3 nitrogen and oxygen atoms in total. The molecule has 0 saturated carbocycles. The van der Waals surface area contributed by atoms with Crippen LogP contribution in [0, 0.1) is 4.91 Å². The molecule has 7 heavy (non-hydrogen) atoms. The monoisotopic (exact) mass is 102 g/mol. The number of nitrogens with zero attached hydrogens (tertiary/aromatic N) is 1. The van der Waals surface area contributed by atoms with E-state index < -0.39 is 5.66 Å². The van der Waals surface area contributed by atoms with Gasteiger partial charge in [0.2, 0.25) is 0 Å². The molecular weight excluding hydrogens is 92.1 g/mol. The van der Waals surface area contributed by atoms with Gasteiger partial charge in [-0.05, 0) is 18.5 Å². The molecule has 0 spiro atoms. The van der Waals surface area contributed by atoms with Crippen LogP contribution in [-0.4, -0.2) is 5.66 Å². The Balaban J connectivity index is 3.58. The van der Waals surface area contributed by atoms with Gasteiger partial charge < -0.3 is 5.73 Å².